The van der Waals surface area contributed by atoms with Crippen LogP contribution in [0.2, 0.25) is 0 Å². The number of piperazine rings is 1. The second-order valence-electron chi connectivity index (χ2n) is 17.8. The molecule has 4 N–H and O–H groups in total. The lowest BCUT2D eigenvalue weighted by Crippen LogP contribution is -2.49. The summed E-state index contributed by atoms with van der Waals surface area (Å²) >= 11 is 0. The number of aromatic hydroxyl groups is 1. The number of carboxylic acids is 1. The van der Waals surface area contributed by atoms with Crippen molar-refractivity contribution in [2.45, 2.75) is 81.8 Å². The number of nitrogens with one attached hydrogen (secondary N) is 2. The van der Waals surface area contributed by atoms with Gasteiger partial charge in [-0.25, -0.2) is 18.4 Å². The van der Waals surface area contributed by atoms with Crippen molar-refractivity contribution in [2.75, 3.05) is 44.2 Å². The predicted molar refractivity (Wildman–Crippen MR) is 227 cm³/mol. The zero-order valence-corrected chi connectivity index (χ0v) is 36.5. The zero-order valence-electron chi connectivity index (χ0n) is 36.5. The zero-order chi connectivity index (χ0) is 48.7. The number of imidazole rings is 1. The van der Waals surface area contributed by atoms with Crippen molar-refractivity contribution in [3.8, 4) is 17.3 Å². The Morgan fingerprint density at radius 3 is 2.25 bits per heavy atom. The van der Waals surface area contributed by atoms with Gasteiger partial charge in [-0.3, -0.25) is 33.7 Å². The number of carboxylic acid groups (broad SMARTS) is 1. The van der Waals surface area contributed by atoms with Crippen LogP contribution in [0, 0.1) is 22.9 Å². The Kier molecular flexibility index (Phi) is 13.1. The number of aromatic nitrogens is 6. The van der Waals surface area contributed by atoms with Crippen molar-refractivity contribution in [3.05, 3.63) is 81.3 Å². The minimum atomic E-state index is -5.08. The molecule has 5 aliphatic rings. The summed E-state index contributed by atoms with van der Waals surface area (Å²) in [6.07, 6.45) is 1.64. The van der Waals surface area contributed by atoms with E-state index >= 15 is 0 Å². The molecule has 5 heterocycles. The Labute approximate surface area is 382 Å². The van der Waals surface area contributed by atoms with E-state index in [0.717, 1.165) is 101 Å². The number of amides is 3. The number of hydrogen-bond donors (Lipinski definition) is 4. The van der Waals surface area contributed by atoms with E-state index in [1.807, 2.05) is 30.3 Å². The van der Waals surface area contributed by atoms with Crippen LogP contribution in [0.5, 0.6) is 5.75 Å². The average molecular weight is 957 g/mol. The number of alkyl halides is 3. The van der Waals surface area contributed by atoms with E-state index in [1.165, 1.54) is 4.57 Å². The van der Waals surface area contributed by atoms with Gasteiger partial charge >= 0.3 is 17.8 Å². The molecule has 0 unspecified atom stereocenters. The third-order valence-electron chi connectivity index (χ3n) is 13.7. The van der Waals surface area contributed by atoms with E-state index in [1.54, 1.807) is 11.6 Å². The molecule has 3 aromatic heterocycles. The number of anilines is 1. The van der Waals surface area contributed by atoms with Crippen molar-refractivity contribution < 1.29 is 60.3 Å². The molecule has 2 aliphatic heterocycles. The summed E-state index contributed by atoms with van der Waals surface area (Å²) in [6.45, 7) is 4.45. The summed E-state index contributed by atoms with van der Waals surface area (Å²) in [6, 6.07) is 9.45. The monoisotopic (exact) mass is 956 g/mol. The number of aliphatic carboxylic acids is 1. The molecule has 0 spiro atoms. The lowest BCUT2D eigenvalue weighted by Gasteiger charge is -2.52. The summed E-state index contributed by atoms with van der Waals surface area (Å²) in [4.78, 5) is 68.2. The molecule has 68 heavy (non-hydrogen) atoms. The summed E-state index contributed by atoms with van der Waals surface area (Å²) in [5.74, 6) is -9.07. The average Bonchev–Trinajstić information content (AvgIpc) is 3.93. The molecule has 0 radical (unpaired) electrons. The number of nitrogens with zero attached hydrogens (tertiary/aromatic N) is 8. The van der Waals surface area contributed by atoms with Gasteiger partial charge in [0.25, 0.3) is 11.8 Å². The van der Waals surface area contributed by atoms with E-state index < -0.39 is 58.8 Å². The van der Waals surface area contributed by atoms with Gasteiger partial charge in [0, 0.05) is 51.6 Å². The number of fused-ring (bicyclic) bond motifs is 4. The fourth-order valence-electron chi connectivity index (χ4n) is 9.63. The Morgan fingerprint density at radius 2 is 1.62 bits per heavy atom. The first kappa shape index (κ1) is 47.6. The predicted octanol–water partition coefficient (Wildman–Crippen LogP) is 4.69. The van der Waals surface area contributed by atoms with Crippen LogP contribution in [0.25, 0.3) is 22.6 Å². The highest BCUT2D eigenvalue weighted by Crippen LogP contribution is 2.57. The molecule has 3 saturated carbocycles. The Bertz CT molecular complexity index is 2800. The highest BCUT2D eigenvalue weighted by atomic mass is 19.4. The molecule has 2 bridgehead atoms. The Hall–Kier alpha value is -6.85. The van der Waals surface area contributed by atoms with E-state index in [4.69, 9.17) is 19.4 Å². The molecule has 1 atom stereocenters. The molecule has 24 heteroatoms. The summed E-state index contributed by atoms with van der Waals surface area (Å²) in [5.41, 5.74) is 1.40. The minimum Gasteiger partial charge on any atom is -0.503 e. The van der Waals surface area contributed by atoms with Gasteiger partial charge in [0.1, 0.15) is 6.04 Å². The van der Waals surface area contributed by atoms with E-state index in [-0.39, 0.29) is 41.3 Å². The van der Waals surface area contributed by atoms with Crippen molar-refractivity contribution in [2.24, 2.45) is 12.5 Å². The van der Waals surface area contributed by atoms with Crippen molar-refractivity contribution >= 4 is 40.5 Å². The molecular formula is C44H46F6N10O8. The number of carbonyl (C=O) groups excluding carboxylic acids is 3. The van der Waals surface area contributed by atoms with Gasteiger partial charge in [0.2, 0.25) is 17.6 Å². The van der Waals surface area contributed by atoms with Gasteiger partial charge in [-0.05, 0) is 106 Å². The maximum absolute atomic E-state index is 14.3. The second-order valence-corrected chi connectivity index (χ2v) is 17.8. The van der Waals surface area contributed by atoms with Gasteiger partial charge < -0.3 is 25.0 Å². The molecular weight excluding hydrogens is 911 g/mol. The van der Waals surface area contributed by atoms with Crippen LogP contribution in [0.15, 0.2) is 45.7 Å². The summed E-state index contributed by atoms with van der Waals surface area (Å²) in [5, 5.41) is 34.7. The quantitative estimate of drug-likeness (QED) is 0.0800. The largest absolute Gasteiger partial charge is 0.503 e. The van der Waals surface area contributed by atoms with Crippen molar-refractivity contribution in [1.29, 1.82) is 0 Å². The fraction of sp³-hybridized carbons (Fsp3) is 0.477. The highest BCUT2D eigenvalue weighted by molar-refractivity contribution is 6.00. The van der Waals surface area contributed by atoms with Crippen LogP contribution < -0.4 is 21.2 Å². The molecule has 3 aliphatic carbocycles. The number of carbonyl (C=O) groups is 4. The maximum Gasteiger partial charge on any atom is 0.490 e. The van der Waals surface area contributed by atoms with Crippen LogP contribution in [-0.4, -0.2) is 114 Å². The molecule has 18 nitrogen and oxygen atoms in total. The second kappa shape index (κ2) is 18.7. The van der Waals surface area contributed by atoms with Crippen LogP contribution in [0.1, 0.15) is 85.6 Å². The van der Waals surface area contributed by atoms with Crippen LogP contribution >= 0.6 is 0 Å². The first-order chi connectivity index (χ1) is 32.3. The van der Waals surface area contributed by atoms with Crippen LogP contribution in [0.3, 0.4) is 0 Å². The van der Waals surface area contributed by atoms with Crippen molar-refractivity contribution in [1.82, 2.24) is 45.0 Å². The number of benzene rings is 2. The van der Waals surface area contributed by atoms with Gasteiger partial charge in [0.05, 0.1) is 16.6 Å². The standard InChI is InChI=1S/C42H45F3N10O6.C2HF3O2/c1-52-30-21-24(4-6-28(30)55(40(52)60)29-7-9-32(56)47-37(29)59)3-2-16-53-17-19-54(20-18-53)31-8-5-27(49-50-31)38-48-39(51-61-38)42-13-10-41(11-14-42,12-15-42)23-46-36(58)25-22-26(43)35(57)34(45)33(25)44;3-2(4,5)1(6)7/h4-6,8,21-22,29,57H,2-3,7,9-20,23H2,1H3,(H,46,58)(H,47,56,59);(H,6,7)/t29-,41?,42?;/m1./s1. The first-order valence-electron chi connectivity index (χ1n) is 21.9. The highest BCUT2D eigenvalue weighted by Gasteiger charge is 2.52. The van der Waals surface area contributed by atoms with Crippen LogP contribution in [0.4, 0.5) is 32.2 Å². The van der Waals surface area contributed by atoms with Crippen molar-refractivity contribution in [3.63, 3.8) is 0 Å². The number of phenols is 1. The lowest BCUT2D eigenvalue weighted by molar-refractivity contribution is -0.192. The molecule has 362 valence electrons. The number of hydrogen-bond acceptors (Lipinski definition) is 13. The molecule has 10 rings (SSSR count). The number of imide groups is 1. The SMILES string of the molecule is Cn1c(=O)n([C@@H]2CCC(=O)NC2=O)c2ccc(CCCN3CCN(c4ccc(-c5nc(C67CCC(CNC(=O)c8cc(F)c(O)c(F)c8F)(CC6)CC7)no5)nn4)CC3)cc21.O=C(O)C(F)(F)F. The molecule has 2 saturated heterocycles. The van der Waals surface area contributed by atoms with E-state index in [2.05, 4.69) is 35.8 Å². The summed E-state index contributed by atoms with van der Waals surface area (Å²) in [7, 11) is 1.70. The van der Waals surface area contributed by atoms with E-state index in [0.29, 0.717) is 29.5 Å². The minimum absolute atomic E-state index is 0.199. The number of piperidine rings is 1. The number of phenolic OH excluding ortho intramolecular Hbond substituents is 1. The maximum atomic E-state index is 14.3. The fourth-order valence-corrected chi connectivity index (χ4v) is 9.63. The Balaban J connectivity index is 0.000000830. The Morgan fingerprint density at radius 1 is 0.926 bits per heavy atom. The number of rotatable bonds is 11. The third-order valence-corrected chi connectivity index (χ3v) is 13.7. The molecule has 5 fully saturated rings. The van der Waals surface area contributed by atoms with Gasteiger partial charge in [-0.15, -0.1) is 10.2 Å². The smallest absolute Gasteiger partial charge is 0.490 e. The molecule has 3 amide bonds. The van der Waals surface area contributed by atoms with Gasteiger partial charge in [-0.1, -0.05) is 11.2 Å². The summed E-state index contributed by atoms with van der Waals surface area (Å²) < 4.78 is 82.4. The van der Waals surface area contributed by atoms with Gasteiger partial charge in [-0.2, -0.15) is 22.5 Å². The third kappa shape index (κ3) is 9.49. The lowest BCUT2D eigenvalue weighted by atomic mass is 9.53. The molecule has 5 aromatic rings. The molecule has 2 aromatic carbocycles. The topological polar surface area (TPSA) is 231 Å². The number of halogens is 6. The van der Waals surface area contributed by atoms with E-state index in [9.17, 15) is 50.6 Å². The number of aryl methyl sites for hydroxylation is 2. The van der Waals surface area contributed by atoms with Crippen LogP contribution in [-0.2, 0) is 33.3 Å². The van der Waals surface area contributed by atoms with Gasteiger partial charge in [0.15, 0.2) is 34.7 Å². The first-order valence-corrected chi connectivity index (χ1v) is 21.9. The normalized spacial score (nSPS) is 21.9.